The van der Waals surface area contributed by atoms with Crippen molar-refractivity contribution >= 4 is 0 Å². The minimum Gasteiger partial charge on any atom is -0.308 e. The first-order valence-electron chi connectivity index (χ1n) is 8.84. The maximum atomic E-state index is 3.91. The number of hydrogen-bond donors (Lipinski definition) is 1. The van der Waals surface area contributed by atoms with Crippen LogP contribution in [0.15, 0.2) is 0 Å². The van der Waals surface area contributed by atoms with Crippen molar-refractivity contribution < 1.29 is 0 Å². The summed E-state index contributed by atoms with van der Waals surface area (Å²) in [5.74, 6) is 0.898. The number of nitrogens with one attached hydrogen (secondary N) is 1. The number of rotatable bonds is 2. The van der Waals surface area contributed by atoms with Crippen LogP contribution >= 0.6 is 0 Å². The van der Waals surface area contributed by atoms with Crippen molar-refractivity contribution in [1.82, 2.24) is 15.1 Å². The first-order valence-corrected chi connectivity index (χ1v) is 8.84. The fraction of sp³-hybridized carbons (Fsp3) is 1.00. The standard InChI is InChI=1S/C17H33N3/c1-15-11-18-17(8-4-3-5-9-17)14-20(15)13-16-7-6-10-19(2)12-16/h15-16,18H,3-14H2,1-2H3. The SMILES string of the molecule is CC1CNC2(CCCCC2)CN1CC1CCCN(C)C1. The molecule has 3 heteroatoms. The van der Waals surface area contributed by atoms with Crippen LogP contribution in [0.2, 0.25) is 0 Å². The molecule has 3 aliphatic rings. The minimum absolute atomic E-state index is 0.464. The Morgan fingerprint density at radius 1 is 1.15 bits per heavy atom. The van der Waals surface area contributed by atoms with E-state index >= 15 is 0 Å². The van der Waals surface area contributed by atoms with Gasteiger partial charge in [0.15, 0.2) is 0 Å². The lowest BCUT2D eigenvalue weighted by Crippen LogP contribution is -2.64. The van der Waals surface area contributed by atoms with Gasteiger partial charge in [-0.3, -0.25) is 4.90 Å². The molecule has 2 atom stereocenters. The number of likely N-dealkylation sites (tertiary alicyclic amines) is 1. The predicted octanol–water partition coefficient (Wildman–Crippen LogP) is 2.32. The maximum absolute atomic E-state index is 3.91. The fourth-order valence-electron chi connectivity index (χ4n) is 4.66. The van der Waals surface area contributed by atoms with Gasteiger partial charge in [0.05, 0.1) is 0 Å². The third-order valence-electron chi connectivity index (χ3n) is 5.93. The zero-order valence-corrected chi connectivity index (χ0v) is 13.5. The van der Waals surface area contributed by atoms with Gasteiger partial charge < -0.3 is 10.2 Å². The van der Waals surface area contributed by atoms with Crippen LogP contribution in [0.1, 0.15) is 51.9 Å². The molecule has 3 nitrogen and oxygen atoms in total. The van der Waals surface area contributed by atoms with Crippen molar-refractivity contribution in [2.75, 3.05) is 39.8 Å². The normalized spacial score (nSPS) is 36.3. The van der Waals surface area contributed by atoms with Gasteiger partial charge in [-0.1, -0.05) is 19.3 Å². The first-order chi connectivity index (χ1) is 9.67. The van der Waals surface area contributed by atoms with E-state index in [0.29, 0.717) is 5.54 Å². The third-order valence-corrected chi connectivity index (χ3v) is 5.93. The molecule has 0 aromatic rings. The summed E-state index contributed by atoms with van der Waals surface area (Å²) in [7, 11) is 2.29. The number of piperazine rings is 1. The summed E-state index contributed by atoms with van der Waals surface area (Å²) in [6.07, 6.45) is 9.96. The van der Waals surface area contributed by atoms with Crippen LogP contribution in [0.25, 0.3) is 0 Å². The molecule has 0 amide bonds. The lowest BCUT2D eigenvalue weighted by atomic mass is 9.79. The summed E-state index contributed by atoms with van der Waals surface area (Å²) < 4.78 is 0. The van der Waals surface area contributed by atoms with Crippen molar-refractivity contribution in [3.8, 4) is 0 Å². The molecule has 2 unspecified atom stereocenters. The lowest BCUT2D eigenvalue weighted by Gasteiger charge is -2.50. The lowest BCUT2D eigenvalue weighted by molar-refractivity contribution is 0.0404. The average Bonchev–Trinajstić information content (AvgIpc) is 2.44. The van der Waals surface area contributed by atoms with Crippen LogP contribution in [-0.2, 0) is 0 Å². The van der Waals surface area contributed by atoms with E-state index in [1.54, 1.807) is 0 Å². The van der Waals surface area contributed by atoms with Crippen molar-refractivity contribution in [1.29, 1.82) is 0 Å². The second-order valence-corrected chi connectivity index (χ2v) is 7.77. The highest BCUT2D eigenvalue weighted by molar-refractivity contribution is 4.99. The number of piperidine rings is 1. The van der Waals surface area contributed by atoms with Gasteiger partial charge in [-0.05, 0) is 52.1 Å². The molecule has 2 heterocycles. The van der Waals surface area contributed by atoms with Crippen LogP contribution in [0.4, 0.5) is 0 Å². The molecular formula is C17H33N3. The third kappa shape index (κ3) is 3.37. The van der Waals surface area contributed by atoms with Crippen LogP contribution in [0.5, 0.6) is 0 Å². The molecular weight excluding hydrogens is 246 g/mol. The van der Waals surface area contributed by atoms with Crippen LogP contribution in [0.3, 0.4) is 0 Å². The van der Waals surface area contributed by atoms with Gasteiger partial charge in [0.1, 0.15) is 0 Å². The fourth-order valence-corrected chi connectivity index (χ4v) is 4.66. The Hall–Kier alpha value is -0.120. The van der Waals surface area contributed by atoms with E-state index in [9.17, 15) is 0 Å². The highest BCUT2D eigenvalue weighted by atomic mass is 15.3. The summed E-state index contributed by atoms with van der Waals surface area (Å²) in [5.41, 5.74) is 0.464. The van der Waals surface area contributed by atoms with Crippen molar-refractivity contribution in [3.63, 3.8) is 0 Å². The predicted molar refractivity (Wildman–Crippen MR) is 85.1 cm³/mol. The Bertz CT molecular complexity index is 311. The second kappa shape index (κ2) is 6.33. The smallest absolute Gasteiger partial charge is 0.0309 e. The molecule has 0 aromatic heterocycles. The van der Waals surface area contributed by atoms with Crippen molar-refractivity contribution in [2.45, 2.75) is 63.5 Å². The van der Waals surface area contributed by atoms with E-state index in [-0.39, 0.29) is 0 Å². The zero-order chi connectivity index (χ0) is 14.0. The molecule has 3 rings (SSSR count). The van der Waals surface area contributed by atoms with Crippen LogP contribution in [0, 0.1) is 5.92 Å². The molecule has 2 aliphatic heterocycles. The molecule has 1 N–H and O–H groups in total. The molecule has 20 heavy (non-hydrogen) atoms. The van der Waals surface area contributed by atoms with Crippen molar-refractivity contribution in [2.24, 2.45) is 5.92 Å². The van der Waals surface area contributed by atoms with Gasteiger partial charge in [-0.15, -0.1) is 0 Å². The van der Waals surface area contributed by atoms with Crippen LogP contribution < -0.4 is 5.32 Å². The number of nitrogens with zero attached hydrogens (tertiary/aromatic N) is 2. The average molecular weight is 279 g/mol. The van der Waals surface area contributed by atoms with E-state index in [4.69, 9.17) is 0 Å². The Morgan fingerprint density at radius 3 is 2.70 bits per heavy atom. The largest absolute Gasteiger partial charge is 0.308 e. The Labute approximate surface area is 125 Å². The Morgan fingerprint density at radius 2 is 1.95 bits per heavy atom. The Balaban J connectivity index is 1.58. The van der Waals surface area contributed by atoms with Gasteiger partial charge in [-0.2, -0.15) is 0 Å². The Kier molecular flexibility index (Phi) is 4.68. The molecule has 1 spiro atoms. The zero-order valence-electron chi connectivity index (χ0n) is 13.5. The number of hydrogen-bond acceptors (Lipinski definition) is 3. The van der Waals surface area contributed by atoms with E-state index in [1.165, 1.54) is 77.7 Å². The highest BCUT2D eigenvalue weighted by Crippen LogP contribution is 2.32. The summed E-state index contributed by atoms with van der Waals surface area (Å²) in [6, 6.07) is 0.717. The minimum atomic E-state index is 0.464. The summed E-state index contributed by atoms with van der Waals surface area (Å²) in [6.45, 7) is 8.85. The molecule has 3 fully saturated rings. The molecule has 0 radical (unpaired) electrons. The van der Waals surface area contributed by atoms with E-state index in [2.05, 4.69) is 29.1 Å². The van der Waals surface area contributed by atoms with E-state index < -0.39 is 0 Å². The maximum Gasteiger partial charge on any atom is 0.0309 e. The van der Waals surface area contributed by atoms with E-state index in [0.717, 1.165) is 12.0 Å². The molecule has 0 bridgehead atoms. The van der Waals surface area contributed by atoms with Gasteiger partial charge in [0.2, 0.25) is 0 Å². The molecule has 1 saturated carbocycles. The van der Waals surface area contributed by atoms with Gasteiger partial charge in [0, 0.05) is 37.8 Å². The molecule has 116 valence electrons. The summed E-state index contributed by atoms with van der Waals surface area (Å²) >= 11 is 0. The summed E-state index contributed by atoms with van der Waals surface area (Å²) in [4.78, 5) is 5.34. The second-order valence-electron chi connectivity index (χ2n) is 7.77. The van der Waals surface area contributed by atoms with Gasteiger partial charge in [0.25, 0.3) is 0 Å². The summed E-state index contributed by atoms with van der Waals surface area (Å²) in [5, 5.41) is 3.91. The van der Waals surface area contributed by atoms with E-state index in [1.807, 2.05) is 0 Å². The quantitative estimate of drug-likeness (QED) is 0.837. The first kappa shape index (κ1) is 14.8. The van der Waals surface area contributed by atoms with Gasteiger partial charge in [-0.25, -0.2) is 0 Å². The van der Waals surface area contributed by atoms with Gasteiger partial charge >= 0.3 is 0 Å². The highest BCUT2D eigenvalue weighted by Gasteiger charge is 2.39. The molecule has 0 aromatic carbocycles. The monoisotopic (exact) mass is 279 g/mol. The van der Waals surface area contributed by atoms with Crippen LogP contribution in [-0.4, -0.2) is 61.2 Å². The molecule has 1 aliphatic carbocycles. The topological polar surface area (TPSA) is 18.5 Å². The van der Waals surface area contributed by atoms with Crippen molar-refractivity contribution in [3.05, 3.63) is 0 Å². The molecule has 2 saturated heterocycles.